The van der Waals surface area contributed by atoms with Crippen LogP contribution < -0.4 is 10.2 Å². The largest absolute Gasteiger partial charge is 0.756 e. The Balaban J connectivity index is 4.12. The number of allylic oxidation sites excluding steroid dienone is 5. The number of unbranched alkanes of at least 4 members (excludes halogenated alkanes) is 36. The molecule has 3 unspecified atom stereocenters. The molecule has 0 fully saturated rings. The minimum absolute atomic E-state index is 0.00751. The van der Waals surface area contributed by atoms with Gasteiger partial charge in [0.2, 0.25) is 5.91 Å². The number of aliphatic hydroxyl groups is 1. The first-order valence-electron chi connectivity index (χ1n) is 28.9. The fourth-order valence-corrected chi connectivity index (χ4v) is 9.26. The zero-order valence-corrected chi connectivity index (χ0v) is 46.0. The third-order valence-electron chi connectivity index (χ3n) is 13.1. The third-order valence-corrected chi connectivity index (χ3v) is 14.0. The lowest BCUT2D eigenvalue weighted by atomic mass is 10.0. The van der Waals surface area contributed by atoms with E-state index in [1.165, 1.54) is 212 Å². The van der Waals surface area contributed by atoms with E-state index in [9.17, 15) is 19.4 Å². The van der Waals surface area contributed by atoms with Crippen molar-refractivity contribution >= 4 is 13.7 Å². The van der Waals surface area contributed by atoms with Crippen LogP contribution in [0.2, 0.25) is 0 Å². The molecule has 0 spiro atoms. The molecule has 9 heteroatoms. The molecule has 67 heavy (non-hydrogen) atoms. The van der Waals surface area contributed by atoms with Crippen LogP contribution in [0, 0.1) is 0 Å². The van der Waals surface area contributed by atoms with Crippen molar-refractivity contribution in [2.45, 2.75) is 289 Å². The second-order valence-corrected chi connectivity index (χ2v) is 22.4. The standard InChI is InChI=1S/C58H113N2O6P/c1-6-8-10-12-14-16-18-20-22-24-25-26-27-28-29-30-31-32-33-34-35-36-38-40-42-44-46-48-50-52-58(62)59-56(55-66-67(63,64)65-54-53-60(3,4)5)57(61)51-49-47-45-43-41-39-37-23-21-19-17-15-13-11-9-7-2/h21,23,41,43,49,51,56-57,61H,6-20,22,24-40,42,44-48,50,52-55H2,1-5H3,(H-,59,62,63,64)/b23-21+,43-41+,51-49+. The number of hydrogen-bond donors (Lipinski definition) is 2. The van der Waals surface area contributed by atoms with Crippen LogP contribution in [-0.2, 0) is 18.4 Å². The maximum absolute atomic E-state index is 12.9. The number of nitrogens with zero attached hydrogens (tertiary/aromatic N) is 1. The number of carbonyl (C=O) groups excluding carboxylic acids is 1. The first kappa shape index (κ1) is 65.7. The van der Waals surface area contributed by atoms with Crippen LogP contribution in [-0.4, -0.2) is 68.5 Å². The minimum Gasteiger partial charge on any atom is -0.756 e. The van der Waals surface area contributed by atoms with Crippen LogP contribution in [0.5, 0.6) is 0 Å². The molecule has 8 nitrogen and oxygen atoms in total. The van der Waals surface area contributed by atoms with E-state index >= 15 is 0 Å². The quantitative estimate of drug-likeness (QED) is 0.0272. The molecule has 0 bridgehead atoms. The molecule has 1 amide bonds. The fraction of sp³-hybridized carbons (Fsp3) is 0.879. The molecule has 0 aromatic heterocycles. The van der Waals surface area contributed by atoms with Gasteiger partial charge in [0.1, 0.15) is 13.2 Å². The van der Waals surface area contributed by atoms with Gasteiger partial charge in [-0.1, -0.05) is 262 Å². The lowest BCUT2D eigenvalue weighted by Crippen LogP contribution is -2.45. The minimum atomic E-state index is -4.60. The molecule has 0 aliphatic rings. The highest BCUT2D eigenvalue weighted by Gasteiger charge is 2.23. The number of nitrogens with one attached hydrogen (secondary N) is 1. The summed E-state index contributed by atoms with van der Waals surface area (Å²) in [5.74, 6) is -0.207. The molecule has 2 N–H and O–H groups in total. The van der Waals surface area contributed by atoms with Crippen molar-refractivity contribution in [3.05, 3.63) is 36.5 Å². The molecule has 3 atom stereocenters. The van der Waals surface area contributed by atoms with E-state index in [1.807, 2.05) is 27.2 Å². The van der Waals surface area contributed by atoms with Crippen molar-refractivity contribution in [3.63, 3.8) is 0 Å². The summed E-state index contributed by atoms with van der Waals surface area (Å²) < 4.78 is 23.3. The van der Waals surface area contributed by atoms with Crippen LogP contribution in [0.4, 0.5) is 0 Å². The molecule has 396 valence electrons. The van der Waals surface area contributed by atoms with Crippen LogP contribution in [0.1, 0.15) is 277 Å². The number of hydrogen-bond acceptors (Lipinski definition) is 6. The average Bonchev–Trinajstić information content (AvgIpc) is 3.29. The van der Waals surface area contributed by atoms with E-state index in [0.717, 1.165) is 44.9 Å². The number of quaternary nitrogens is 1. The Hall–Kier alpha value is -1.28. The van der Waals surface area contributed by atoms with Crippen LogP contribution >= 0.6 is 7.82 Å². The predicted molar refractivity (Wildman–Crippen MR) is 288 cm³/mol. The number of rotatable bonds is 53. The van der Waals surface area contributed by atoms with Gasteiger partial charge in [-0.05, 0) is 44.9 Å². The lowest BCUT2D eigenvalue weighted by Gasteiger charge is -2.29. The van der Waals surface area contributed by atoms with E-state index < -0.39 is 26.6 Å². The fourth-order valence-electron chi connectivity index (χ4n) is 8.54. The first-order chi connectivity index (χ1) is 32.5. The highest BCUT2D eigenvalue weighted by Crippen LogP contribution is 2.38. The van der Waals surface area contributed by atoms with Gasteiger partial charge in [0.05, 0.1) is 39.9 Å². The maximum atomic E-state index is 12.9. The highest BCUT2D eigenvalue weighted by molar-refractivity contribution is 7.45. The third kappa shape index (κ3) is 52.4. The van der Waals surface area contributed by atoms with Crippen molar-refractivity contribution in [2.75, 3.05) is 40.9 Å². The summed E-state index contributed by atoms with van der Waals surface area (Å²) in [6.07, 6.45) is 63.8. The summed E-state index contributed by atoms with van der Waals surface area (Å²) in [7, 11) is 1.24. The number of phosphoric ester groups is 1. The molecule has 0 rings (SSSR count). The summed E-state index contributed by atoms with van der Waals surface area (Å²) in [4.78, 5) is 25.5. The molecular weight excluding hydrogens is 852 g/mol. The Morgan fingerprint density at radius 2 is 0.836 bits per heavy atom. The molecule has 0 radical (unpaired) electrons. The van der Waals surface area contributed by atoms with Gasteiger partial charge in [-0.3, -0.25) is 9.36 Å². The molecule has 0 aromatic rings. The predicted octanol–water partition coefficient (Wildman–Crippen LogP) is 16.7. The Labute approximate surface area is 417 Å². The van der Waals surface area contributed by atoms with Gasteiger partial charge in [0.15, 0.2) is 0 Å². The number of carbonyl (C=O) groups is 1. The summed E-state index contributed by atoms with van der Waals surface area (Å²) in [5.41, 5.74) is 0. The normalized spacial score (nSPS) is 14.2. The number of aliphatic hydroxyl groups excluding tert-OH is 1. The van der Waals surface area contributed by atoms with Gasteiger partial charge in [0.25, 0.3) is 7.82 Å². The zero-order chi connectivity index (χ0) is 49.2. The summed E-state index contributed by atoms with van der Waals surface area (Å²) in [5, 5.41) is 13.8. The van der Waals surface area contributed by atoms with Gasteiger partial charge in [-0.25, -0.2) is 0 Å². The summed E-state index contributed by atoms with van der Waals surface area (Å²) in [6.45, 7) is 4.64. The number of phosphoric acid groups is 1. The second kappa shape index (κ2) is 49.7. The van der Waals surface area contributed by atoms with Crippen molar-refractivity contribution in [1.29, 1.82) is 0 Å². The molecular formula is C58H113N2O6P. The van der Waals surface area contributed by atoms with Crippen molar-refractivity contribution in [2.24, 2.45) is 0 Å². The van der Waals surface area contributed by atoms with Gasteiger partial charge in [0, 0.05) is 6.42 Å². The number of likely N-dealkylation sites (N-methyl/N-ethyl adjacent to an activating group) is 1. The monoisotopic (exact) mass is 965 g/mol. The van der Waals surface area contributed by atoms with Gasteiger partial charge < -0.3 is 28.8 Å². The topological polar surface area (TPSA) is 108 Å². The Kier molecular flexibility index (Phi) is 48.7. The first-order valence-corrected chi connectivity index (χ1v) is 30.3. The van der Waals surface area contributed by atoms with Crippen molar-refractivity contribution in [3.8, 4) is 0 Å². The molecule has 0 saturated carbocycles. The molecule has 0 heterocycles. The molecule has 0 aliphatic carbocycles. The van der Waals surface area contributed by atoms with Crippen LogP contribution in [0.25, 0.3) is 0 Å². The van der Waals surface area contributed by atoms with Gasteiger partial charge in [-0.15, -0.1) is 0 Å². The Morgan fingerprint density at radius 3 is 1.21 bits per heavy atom. The molecule has 0 saturated heterocycles. The smallest absolute Gasteiger partial charge is 0.268 e. The number of amides is 1. The van der Waals surface area contributed by atoms with Crippen molar-refractivity contribution < 1.29 is 32.9 Å². The summed E-state index contributed by atoms with van der Waals surface area (Å²) >= 11 is 0. The maximum Gasteiger partial charge on any atom is 0.268 e. The van der Waals surface area contributed by atoms with Crippen molar-refractivity contribution in [1.82, 2.24) is 5.32 Å². The van der Waals surface area contributed by atoms with E-state index in [-0.39, 0.29) is 12.5 Å². The molecule has 0 aliphatic heterocycles. The second-order valence-electron chi connectivity index (χ2n) is 21.0. The van der Waals surface area contributed by atoms with E-state index in [2.05, 4.69) is 43.5 Å². The highest BCUT2D eigenvalue weighted by atomic mass is 31.2. The van der Waals surface area contributed by atoms with Crippen LogP contribution in [0.15, 0.2) is 36.5 Å². The lowest BCUT2D eigenvalue weighted by molar-refractivity contribution is -0.870. The van der Waals surface area contributed by atoms with Crippen LogP contribution in [0.3, 0.4) is 0 Å². The van der Waals surface area contributed by atoms with E-state index in [0.29, 0.717) is 17.4 Å². The Morgan fingerprint density at radius 1 is 0.507 bits per heavy atom. The Bertz CT molecular complexity index is 1190. The SMILES string of the molecule is CCCCCCCC/C=C/CC/C=C/CC/C=C/C(O)C(COP(=O)([O-])OCC[N+](C)(C)C)NC(=O)CCCCCCCCCCCCCCCCCCCCCCCCCCCCCCC. The average molecular weight is 966 g/mol. The van der Waals surface area contributed by atoms with Gasteiger partial charge >= 0.3 is 0 Å². The molecule has 0 aromatic carbocycles. The van der Waals surface area contributed by atoms with E-state index in [1.54, 1.807) is 6.08 Å². The van der Waals surface area contributed by atoms with E-state index in [4.69, 9.17) is 9.05 Å². The summed E-state index contributed by atoms with van der Waals surface area (Å²) in [6, 6.07) is -0.907. The van der Waals surface area contributed by atoms with Gasteiger partial charge in [-0.2, -0.15) is 0 Å². The zero-order valence-electron chi connectivity index (χ0n) is 45.1.